The van der Waals surface area contributed by atoms with Crippen molar-refractivity contribution in [3.05, 3.63) is 24.3 Å². The van der Waals surface area contributed by atoms with Crippen LogP contribution in [0.25, 0.3) is 0 Å². The van der Waals surface area contributed by atoms with Gasteiger partial charge in [-0.1, -0.05) is 13.2 Å². The van der Waals surface area contributed by atoms with Crippen LogP contribution in [0.3, 0.4) is 0 Å². The van der Waals surface area contributed by atoms with Crippen molar-refractivity contribution in [3.63, 3.8) is 0 Å². The van der Waals surface area contributed by atoms with Crippen molar-refractivity contribution < 1.29 is 23.8 Å². The fourth-order valence-corrected chi connectivity index (χ4v) is 0.768. The van der Waals surface area contributed by atoms with Crippen LogP contribution < -0.4 is 0 Å². The van der Waals surface area contributed by atoms with E-state index in [1.54, 1.807) is 13.8 Å². The molecule has 0 aliphatic heterocycles. The summed E-state index contributed by atoms with van der Waals surface area (Å²) in [6.07, 6.45) is -0.499. The third kappa shape index (κ3) is 6.52. The van der Waals surface area contributed by atoms with Crippen molar-refractivity contribution in [3.8, 4) is 0 Å². The highest BCUT2D eigenvalue weighted by Crippen LogP contribution is 2.00. The van der Waals surface area contributed by atoms with E-state index in [9.17, 15) is 9.59 Å². The number of ether oxygens (including phenoxy) is 3. The molecule has 0 radical (unpaired) electrons. The number of hydrogen-bond acceptors (Lipinski definition) is 5. The number of carbonyl (C=O) groups is 2. The van der Waals surface area contributed by atoms with Crippen molar-refractivity contribution in [1.82, 2.24) is 0 Å². The third-order valence-corrected chi connectivity index (χ3v) is 1.83. The Hall–Kier alpha value is -1.62. The molecule has 5 heteroatoms. The van der Waals surface area contributed by atoms with E-state index in [1.807, 2.05) is 0 Å². The molecule has 0 fully saturated rings. The lowest BCUT2D eigenvalue weighted by molar-refractivity contribution is -0.148. The van der Waals surface area contributed by atoms with Crippen molar-refractivity contribution in [1.29, 1.82) is 0 Å². The van der Waals surface area contributed by atoms with Crippen LogP contribution in [-0.4, -0.2) is 38.4 Å². The lowest BCUT2D eigenvalue weighted by atomic mass is 10.3. The summed E-state index contributed by atoms with van der Waals surface area (Å²) in [4.78, 5) is 22.2. The fraction of sp³-hybridized carbons (Fsp3) is 0.500. The Balaban J connectivity index is 4.00. The maximum Gasteiger partial charge on any atom is 0.333 e. The van der Waals surface area contributed by atoms with Gasteiger partial charge in [0.2, 0.25) is 0 Å². The summed E-state index contributed by atoms with van der Waals surface area (Å²) in [6, 6.07) is 0. The summed E-state index contributed by atoms with van der Waals surface area (Å²) in [7, 11) is 1.44. The van der Waals surface area contributed by atoms with Gasteiger partial charge in [0.1, 0.15) is 19.3 Å². The second-order valence-corrected chi connectivity index (χ2v) is 3.62. The van der Waals surface area contributed by atoms with Crippen LogP contribution in [0.1, 0.15) is 13.8 Å². The van der Waals surface area contributed by atoms with Crippen LogP contribution in [0.5, 0.6) is 0 Å². The molecular weight excluding hydrogens is 224 g/mol. The number of rotatable bonds is 7. The van der Waals surface area contributed by atoms with Gasteiger partial charge in [0.05, 0.1) is 0 Å². The lowest BCUT2D eigenvalue weighted by Gasteiger charge is -2.15. The molecule has 0 N–H and O–H groups in total. The minimum absolute atomic E-state index is 0.00562. The first-order valence-electron chi connectivity index (χ1n) is 5.06. The Morgan fingerprint density at radius 1 is 1.00 bits per heavy atom. The largest absolute Gasteiger partial charge is 0.459 e. The fourth-order valence-electron chi connectivity index (χ4n) is 0.768. The average molecular weight is 242 g/mol. The zero-order valence-electron chi connectivity index (χ0n) is 10.4. The smallest absolute Gasteiger partial charge is 0.333 e. The first kappa shape index (κ1) is 15.4. The highest BCUT2D eigenvalue weighted by molar-refractivity contribution is 5.87. The molecule has 17 heavy (non-hydrogen) atoms. The zero-order chi connectivity index (χ0) is 13.4. The topological polar surface area (TPSA) is 61.8 Å². The number of methoxy groups -OCH3 is 1. The van der Waals surface area contributed by atoms with E-state index in [-0.39, 0.29) is 13.2 Å². The molecule has 0 saturated carbocycles. The summed E-state index contributed by atoms with van der Waals surface area (Å²) in [5.74, 6) is -1.00. The molecule has 0 unspecified atom stereocenters. The predicted molar refractivity (Wildman–Crippen MR) is 62.3 cm³/mol. The maximum absolute atomic E-state index is 11.1. The SMILES string of the molecule is C=C(C)C(=O)OCC(COC(=O)C(=C)C)OC. The van der Waals surface area contributed by atoms with E-state index < -0.39 is 18.0 Å². The van der Waals surface area contributed by atoms with Gasteiger partial charge in [-0.15, -0.1) is 0 Å². The Morgan fingerprint density at radius 3 is 1.59 bits per heavy atom. The first-order chi connectivity index (χ1) is 7.88. The van der Waals surface area contributed by atoms with Gasteiger partial charge < -0.3 is 14.2 Å². The van der Waals surface area contributed by atoms with Crippen LogP contribution in [-0.2, 0) is 23.8 Å². The van der Waals surface area contributed by atoms with E-state index in [0.717, 1.165) is 0 Å². The van der Waals surface area contributed by atoms with E-state index in [1.165, 1.54) is 7.11 Å². The Morgan fingerprint density at radius 2 is 1.35 bits per heavy atom. The van der Waals surface area contributed by atoms with Crippen LogP contribution in [0.4, 0.5) is 0 Å². The van der Waals surface area contributed by atoms with E-state index in [2.05, 4.69) is 13.2 Å². The van der Waals surface area contributed by atoms with Crippen molar-refractivity contribution in [2.45, 2.75) is 20.0 Å². The Kier molecular flexibility index (Phi) is 6.89. The summed E-state index contributed by atoms with van der Waals surface area (Å²) in [5, 5.41) is 0. The standard InChI is InChI=1S/C12H18O5/c1-8(2)11(13)16-6-10(15-5)7-17-12(14)9(3)4/h10H,1,3,6-7H2,2,4-5H3. The van der Waals surface area contributed by atoms with Crippen LogP contribution >= 0.6 is 0 Å². The minimum Gasteiger partial charge on any atom is -0.459 e. The van der Waals surface area contributed by atoms with Gasteiger partial charge in [-0.2, -0.15) is 0 Å². The molecule has 0 aromatic rings. The number of hydrogen-bond donors (Lipinski definition) is 0. The monoisotopic (exact) mass is 242 g/mol. The van der Waals surface area contributed by atoms with Gasteiger partial charge in [0, 0.05) is 18.3 Å². The summed E-state index contributed by atoms with van der Waals surface area (Å²) in [5.41, 5.74) is 0.609. The molecule has 0 rings (SSSR count). The van der Waals surface area contributed by atoms with Gasteiger partial charge >= 0.3 is 11.9 Å². The quantitative estimate of drug-likeness (QED) is 0.496. The molecule has 0 aliphatic rings. The molecule has 0 atom stereocenters. The minimum atomic E-state index is -0.502. The third-order valence-electron chi connectivity index (χ3n) is 1.83. The Labute approximate surface area is 101 Å². The summed E-state index contributed by atoms with van der Waals surface area (Å²) in [6.45, 7) is 9.99. The van der Waals surface area contributed by atoms with Crippen LogP contribution in [0, 0.1) is 0 Å². The van der Waals surface area contributed by atoms with Crippen LogP contribution in [0.2, 0.25) is 0 Å². The number of carbonyl (C=O) groups excluding carboxylic acids is 2. The van der Waals surface area contributed by atoms with Gasteiger partial charge in [-0.25, -0.2) is 9.59 Å². The van der Waals surface area contributed by atoms with Gasteiger partial charge in [-0.3, -0.25) is 0 Å². The molecular formula is C12H18O5. The normalized spacial score (nSPS) is 9.88. The molecule has 0 amide bonds. The first-order valence-corrected chi connectivity index (χ1v) is 5.06. The second-order valence-electron chi connectivity index (χ2n) is 3.62. The average Bonchev–Trinajstić information content (AvgIpc) is 2.28. The second kappa shape index (κ2) is 7.62. The van der Waals surface area contributed by atoms with Gasteiger partial charge in [-0.05, 0) is 13.8 Å². The van der Waals surface area contributed by atoms with Crippen molar-refractivity contribution in [2.75, 3.05) is 20.3 Å². The predicted octanol–water partition coefficient (Wildman–Crippen LogP) is 1.24. The Bertz CT molecular complexity index is 289. The van der Waals surface area contributed by atoms with Gasteiger partial charge in [0.15, 0.2) is 0 Å². The maximum atomic E-state index is 11.1. The van der Waals surface area contributed by atoms with E-state index in [0.29, 0.717) is 11.1 Å². The molecule has 96 valence electrons. The van der Waals surface area contributed by atoms with Crippen molar-refractivity contribution in [2.24, 2.45) is 0 Å². The summed E-state index contributed by atoms with van der Waals surface area (Å²) >= 11 is 0. The highest BCUT2D eigenvalue weighted by atomic mass is 16.6. The molecule has 0 spiro atoms. The highest BCUT2D eigenvalue weighted by Gasteiger charge is 2.14. The molecule has 0 aliphatic carbocycles. The molecule has 0 saturated heterocycles. The molecule has 0 bridgehead atoms. The van der Waals surface area contributed by atoms with Gasteiger partial charge in [0.25, 0.3) is 0 Å². The molecule has 0 aromatic carbocycles. The molecule has 0 heterocycles. The van der Waals surface area contributed by atoms with E-state index >= 15 is 0 Å². The zero-order valence-corrected chi connectivity index (χ0v) is 10.4. The molecule has 5 nitrogen and oxygen atoms in total. The van der Waals surface area contributed by atoms with Crippen LogP contribution in [0.15, 0.2) is 24.3 Å². The van der Waals surface area contributed by atoms with Crippen molar-refractivity contribution >= 4 is 11.9 Å². The number of esters is 2. The van der Waals surface area contributed by atoms with E-state index in [4.69, 9.17) is 14.2 Å². The summed E-state index contributed by atoms with van der Waals surface area (Å²) < 4.78 is 14.7. The molecule has 0 aromatic heterocycles. The lowest BCUT2D eigenvalue weighted by Crippen LogP contribution is -2.27.